The lowest BCUT2D eigenvalue weighted by molar-refractivity contribution is 0.146. The molecule has 0 bridgehead atoms. The maximum absolute atomic E-state index is 13.7. The van der Waals surface area contributed by atoms with Crippen molar-refractivity contribution in [1.29, 1.82) is 0 Å². The van der Waals surface area contributed by atoms with Gasteiger partial charge in [0.05, 0.1) is 5.52 Å². The van der Waals surface area contributed by atoms with Crippen LogP contribution >= 0.6 is 11.3 Å². The molecule has 5 heterocycles. The molecular weight excluding hydrogens is 484 g/mol. The number of halogens is 2. The van der Waals surface area contributed by atoms with Crippen molar-refractivity contribution < 1.29 is 13.3 Å². The molecule has 8 nitrogen and oxygen atoms in total. The Kier molecular flexibility index (Phi) is 4.58. The minimum Gasteiger partial charge on any atom is -0.330 e. The van der Waals surface area contributed by atoms with E-state index in [1.807, 2.05) is 60.7 Å². The number of aromatic nitrogens is 7. The SMILES string of the molecule is FC(F)c1cc(-c2ccccc2)c2c(n1)sc1c2ncn2nc(-c3nc(-c4ccccc4)no3)nc12. The van der Waals surface area contributed by atoms with E-state index < -0.39 is 6.43 Å². The van der Waals surface area contributed by atoms with E-state index in [9.17, 15) is 8.78 Å². The highest BCUT2D eigenvalue weighted by Gasteiger charge is 2.22. The standard InChI is InChI=1S/C25H13F2N7OS/c26-20(27)16-11-15(13-7-3-1-4-8-13)17-18-19(36-25(17)29-16)23-30-22(32-34(23)12-28-18)24-31-21(33-35-24)14-9-5-2-6-10-14/h1-12,20H. The maximum atomic E-state index is 13.7. The Morgan fingerprint density at radius 3 is 2.36 bits per heavy atom. The summed E-state index contributed by atoms with van der Waals surface area (Å²) >= 11 is 1.25. The number of hydrogen-bond acceptors (Lipinski definition) is 8. The predicted octanol–water partition coefficient (Wildman–Crippen LogP) is 6.21. The lowest BCUT2D eigenvalue weighted by Crippen LogP contribution is -1.93. The molecule has 0 unspecified atom stereocenters. The fraction of sp³-hybridized carbons (Fsp3) is 0.0400. The minimum absolute atomic E-state index is 0.162. The summed E-state index contributed by atoms with van der Waals surface area (Å²) in [5.41, 5.74) is 3.07. The van der Waals surface area contributed by atoms with E-state index in [-0.39, 0.29) is 17.4 Å². The largest absolute Gasteiger partial charge is 0.330 e. The molecule has 0 aliphatic heterocycles. The Balaban J connectivity index is 1.43. The topological polar surface area (TPSA) is 94.9 Å². The molecule has 5 aromatic heterocycles. The highest BCUT2D eigenvalue weighted by Crippen LogP contribution is 2.41. The second-order valence-electron chi connectivity index (χ2n) is 7.96. The summed E-state index contributed by atoms with van der Waals surface area (Å²) in [6.45, 7) is 0. The molecule has 0 radical (unpaired) electrons. The zero-order valence-corrected chi connectivity index (χ0v) is 19.0. The van der Waals surface area contributed by atoms with Crippen LogP contribution in [0, 0.1) is 0 Å². The van der Waals surface area contributed by atoms with Crippen LogP contribution in [0.25, 0.3) is 60.3 Å². The molecule has 2 aromatic carbocycles. The number of hydrogen-bond donors (Lipinski definition) is 0. The van der Waals surface area contributed by atoms with Gasteiger partial charge in [-0.25, -0.2) is 28.2 Å². The van der Waals surface area contributed by atoms with Gasteiger partial charge in [-0.15, -0.1) is 16.4 Å². The van der Waals surface area contributed by atoms with Crippen molar-refractivity contribution >= 4 is 37.4 Å². The molecule has 11 heteroatoms. The summed E-state index contributed by atoms with van der Waals surface area (Å²) < 4.78 is 35.0. The van der Waals surface area contributed by atoms with E-state index in [1.165, 1.54) is 28.2 Å². The van der Waals surface area contributed by atoms with Crippen LogP contribution in [-0.2, 0) is 0 Å². The second-order valence-corrected chi connectivity index (χ2v) is 8.96. The fourth-order valence-corrected chi connectivity index (χ4v) is 5.25. The van der Waals surface area contributed by atoms with Crippen molar-refractivity contribution in [2.75, 3.05) is 0 Å². The molecule has 36 heavy (non-hydrogen) atoms. The first-order valence-corrected chi connectivity index (χ1v) is 11.7. The third-order valence-electron chi connectivity index (χ3n) is 5.74. The van der Waals surface area contributed by atoms with Crippen LogP contribution in [0.1, 0.15) is 12.1 Å². The number of benzene rings is 2. The smallest absolute Gasteiger partial charge is 0.297 e. The van der Waals surface area contributed by atoms with Gasteiger partial charge in [0.25, 0.3) is 12.3 Å². The lowest BCUT2D eigenvalue weighted by Gasteiger charge is -2.07. The molecular formula is C25H13F2N7OS. The van der Waals surface area contributed by atoms with Crippen LogP contribution in [0.2, 0.25) is 0 Å². The molecule has 0 aliphatic rings. The van der Waals surface area contributed by atoms with Crippen LogP contribution in [0.4, 0.5) is 8.78 Å². The summed E-state index contributed by atoms with van der Waals surface area (Å²) in [4.78, 5) is 18.3. The molecule has 0 aliphatic carbocycles. The normalized spacial score (nSPS) is 11.9. The number of rotatable bonds is 4. The number of fused-ring (bicyclic) bond motifs is 5. The average molecular weight is 497 g/mol. The van der Waals surface area contributed by atoms with E-state index in [0.717, 1.165) is 11.1 Å². The first kappa shape index (κ1) is 20.7. The summed E-state index contributed by atoms with van der Waals surface area (Å²) in [7, 11) is 0. The highest BCUT2D eigenvalue weighted by molar-refractivity contribution is 7.26. The van der Waals surface area contributed by atoms with Gasteiger partial charge in [0, 0.05) is 10.9 Å². The second kappa shape index (κ2) is 7.95. The Morgan fingerprint density at radius 2 is 1.61 bits per heavy atom. The number of thiophene rings is 1. The molecule has 0 fully saturated rings. The van der Waals surface area contributed by atoms with Crippen molar-refractivity contribution in [1.82, 2.24) is 34.7 Å². The monoisotopic (exact) mass is 497 g/mol. The summed E-state index contributed by atoms with van der Waals surface area (Å²) in [6.07, 6.45) is -1.17. The van der Waals surface area contributed by atoms with Gasteiger partial charge in [-0.2, -0.15) is 4.98 Å². The Morgan fingerprint density at radius 1 is 0.861 bits per heavy atom. The van der Waals surface area contributed by atoms with E-state index in [2.05, 4.69) is 30.2 Å². The summed E-state index contributed by atoms with van der Waals surface area (Å²) in [5.74, 6) is 0.821. The molecule has 7 aromatic rings. The number of nitrogens with zero attached hydrogens (tertiary/aromatic N) is 7. The lowest BCUT2D eigenvalue weighted by atomic mass is 10.0. The predicted molar refractivity (Wildman–Crippen MR) is 131 cm³/mol. The maximum Gasteiger partial charge on any atom is 0.297 e. The zero-order valence-electron chi connectivity index (χ0n) is 18.2. The van der Waals surface area contributed by atoms with Gasteiger partial charge >= 0.3 is 0 Å². The van der Waals surface area contributed by atoms with Crippen LogP contribution in [0.15, 0.2) is 77.6 Å². The Labute approximate surface area is 204 Å². The molecule has 0 amide bonds. The molecule has 174 valence electrons. The van der Waals surface area contributed by atoms with Crippen molar-refractivity contribution in [2.24, 2.45) is 0 Å². The Hall–Kier alpha value is -4.64. The van der Waals surface area contributed by atoms with Crippen LogP contribution in [-0.4, -0.2) is 34.7 Å². The third kappa shape index (κ3) is 3.24. The van der Waals surface area contributed by atoms with Gasteiger partial charge in [-0.3, -0.25) is 0 Å². The van der Waals surface area contributed by atoms with E-state index in [4.69, 9.17) is 4.52 Å². The highest BCUT2D eigenvalue weighted by atomic mass is 32.1. The Bertz CT molecular complexity index is 1880. The van der Waals surface area contributed by atoms with Crippen molar-refractivity contribution in [3.05, 3.63) is 78.8 Å². The first-order chi connectivity index (χ1) is 17.7. The molecule has 0 saturated carbocycles. The van der Waals surface area contributed by atoms with Crippen molar-refractivity contribution in [3.8, 4) is 34.2 Å². The van der Waals surface area contributed by atoms with Gasteiger partial charge in [0.1, 0.15) is 21.6 Å². The van der Waals surface area contributed by atoms with Gasteiger partial charge in [-0.05, 0) is 17.2 Å². The number of alkyl halides is 2. The third-order valence-corrected chi connectivity index (χ3v) is 6.81. The van der Waals surface area contributed by atoms with Crippen LogP contribution in [0.5, 0.6) is 0 Å². The molecule has 0 atom stereocenters. The first-order valence-electron chi connectivity index (χ1n) is 10.9. The van der Waals surface area contributed by atoms with Gasteiger partial charge in [0.2, 0.25) is 11.6 Å². The molecule has 0 saturated heterocycles. The molecule has 0 spiro atoms. The van der Waals surface area contributed by atoms with Crippen LogP contribution < -0.4 is 0 Å². The van der Waals surface area contributed by atoms with Crippen molar-refractivity contribution in [2.45, 2.75) is 6.43 Å². The van der Waals surface area contributed by atoms with Crippen LogP contribution in [0.3, 0.4) is 0 Å². The van der Waals surface area contributed by atoms with Crippen molar-refractivity contribution in [3.63, 3.8) is 0 Å². The quantitative estimate of drug-likeness (QED) is 0.285. The van der Waals surface area contributed by atoms with E-state index in [0.29, 0.717) is 37.5 Å². The van der Waals surface area contributed by atoms with E-state index in [1.54, 1.807) is 0 Å². The van der Waals surface area contributed by atoms with Gasteiger partial charge in [-0.1, -0.05) is 65.8 Å². The minimum atomic E-state index is -2.70. The fourth-order valence-electron chi connectivity index (χ4n) is 4.11. The molecule has 7 rings (SSSR count). The van der Waals surface area contributed by atoms with Gasteiger partial charge < -0.3 is 4.52 Å². The summed E-state index contributed by atoms with van der Waals surface area (Å²) in [6, 6.07) is 20.2. The summed E-state index contributed by atoms with van der Waals surface area (Å²) in [5, 5.41) is 9.18. The average Bonchev–Trinajstić information content (AvgIpc) is 3.65. The molecule has 0 N–H and O–H groups in total. The zero-order chi connectivity index (χ0) is 24.2. The number of pyridine rings is 1. The van der Waals surface area contributed by atoms with Gasteiger partial charge in [0.15, 0.2) is 5.65 Å². The van der Waals surface area contributed by atoms with E-state index >= 15 is 0 Å².